The lowest BCUT2D eigenvalue weighted by atomic mass is 9.72. The molecule has 11 nitrogen and oxygen atoms in total. The summed E-state index contributed by atoms with van der Waals surface area (Å²) >= 11 is 0. The van der Waals surface area contributed by atoms with E-state index in [9.17, 15) is 33.9 Å². The molecule has 1 fully saturated rings. The van der Waals surface area contributed by atoms with Crippen molar-refractivity contribution in [1.82, 2.24) is 0 Å². The number of allylic oxidation sites excluding steroid dienone is 2. The van der Waals surface area contributed by atoms with Crippen LogP contribution in [0.5, 0.6) is 0 Å². The van der Waals surface area contributed by atoms with Crippen molar-refractivity contribution in [2.45, 2.75) is 84.9 Å². The van der Waals surface area contributed by atoms with Gasteiger partial charge in [0.15, 0.2) is 17.7 Å². The third kappa shape index (κ3) is 7.15. The Kier molecular flexibility index (Phi) is 10.4. The normalized spacial score (nSPS) is 32.0. The maximum absolute atomic E-state index is 14.1. The largest absolute Gasteiger partial charge is 0.458 e. The first-order chi connectivity index (χ1) is 20.4. The first-order valence-corrected chi connectivity index (χ1v) is 14.4. The Labute approximate surface area is 256 Å². The Bertz CT molecular complexity index is 1360. The van der Waals surface area contributed by atoms with Crippen molar-refractivity contribution in [2.24, 2.45) is 23.2 Å². The molecule has 238 valence electrons. The minimum atomic E-state index is -2.24. The van der Waals surface area contributed by atoms with Gasteiger partial charge in [0.2, 0.25) is 6.10 Å². The number of rotatable bonds is 5. The third-order valence-electron chi connectivity index (χ3n) is 8.10. The fourth-order valence-electron chi connectivity index (χ4n) is 5.99. The molecule has 11 heteroatoms. The van der Waals surface area contributed by atoms with E-state index in [1.54, 1.807) is 25.1 Å². The lowest BCUT2D eigenvalue weighted by Gasteiger charge is -2.41. The minimum Gasteiger partial charge on any atom is -0.458 e. The number of Topliss-reactive ketones (excluding diaryl/α,β-unsaturated/α-hetero) is 2. The highest BCUT2D eigenvalue weighted by Crippen LogP contribution is 2.49. The van der Waals surface area contributed by atoms with Crippen molar-refractivity contribution in [3.05, 3.63) is 60.2 Å². The third-order valence-corrected chi connectivity index (χ3v) is 8.10. The molecule has 1 aromatic rings. The maximum Gasteiger partial charge on any atom is 0.338 e. The van der Waals surface area contributed by atoms with E-state index < -0.39 is 88.6 Å². The van der Waals surface area contributed by atoms with E-state index in [1.165, 1.54) is 45.1 Å². The van der Waals surface area contributed by atoms with Crippen molar-refractivity contribution in [1.29, 1.82) is 0 Å². The van der Waals surface area contributed by atoms with Crippen molar-refractivity contribution in [3.63, 3.8) is 0 Å². The van der Waals surface area contributed by atoms with Gasteiger partial charge in [0.1, 0.15) is 17.8 Å². The molecule has 0 unspecified atom stereocenters. The van der Waals surface area contributed by atoms with Crippen LogP contribution in [-0.2, 0) is 42.9 Å². The number of carbonyl (C=O) groups excluding carboxylic acids is 6. The predicted molar refractivity (Wildman–Crippen MR) is 156 cm³/mol. The summed E-state index contributed by atoms with van der Waals surface area (Å²) in [5.74, 6) is -7.77. The van der Waals surface area contributed by atoms with Crippen molar-refractivity contribution in [3.8, 4) is 0 Å². The molecule has 0 radical (unpaired) electrons. The van der Waals surface area contributed by atoms with Gasteiger partial charge in [-0.2, -0.15) is 0 Å². The van der Waals surface area contributed by atoms with Crippen molar-refractivity contribution >= 4 is 35.4 Å². The molecule has 0 spiro atoms. The number of ether oxygens (including phenoxy) is 4. The zero-order valence-corrected chi connectivity index (χ0v) is 26.0. The van der Waals surface area contributed by atoms with Crippen LogP contribution in [0.15, 0.2) is 54.6 Å². The van der Waals surface area contributed by atoms with E-state index in [0.717, 1.165) is 20.8 Å². The van der Waals surface area contributed by atoms with Crippen LogP contribution in [-0.4, -0.2) is 70.6 Å². The molecular formula is C33H40O11. The summed E-state index contributed by atoms with van der Waals surface area (Å²) in [5.41, 5.74) is -3.65. The summed E-state index contributed by atoms with van der Waals surface area (Å²) in [6.07, 6.45) is -3.59. The second-order valence-electron chi connectivity index (χ2n) is 12.1. The molecule has 0 amide bonds. The quantitative estimate of drug-likeness (QED) is 0.295. The Balaban J connectivity index is 2.32. The first-order valence-electron chi connectivity index (χ1n) is 14.4. The fraction of sp³-hybridized carbons (Fsp3) is 0.515. The summed E-state index contributed by atoms with van der Waals surface area (Å²) in [4.78, 5) is 78.4. The summed E-state index contributed by atoms with van der Waals surface area (Å²) in [6.45, 7) is 13.5. The van der Waals surface area contributed by atoms with Gasteiger partial charge in [-0.3, -0.25) is 24.0 Å². The zero-order chi connectivity index (χ0) is 33.1. The predicted octanol–water partition coefficient (Wildman–Crippen LogP) is 3.32. The minimum absolute atomic E-state index is 0.180. The number of carbonyl (C=O) groups is 6. The van der Waals surface area contributed by atoms with E-state index in [1.807, 2.05) is 0 Å². The lowest BCUT2D eigenvalue weighted by Crippen LogP contribution is -2.56. The Morgan fingerprint density at radius 2 is 1.34 bits per heavy atom. The molecule has 44 heavy (non-hydrogen) atoms. The van der Waals surface area contributed by atoms with Gasteiger partial charge in [-0.25, -0.2) is 4.79 Å². The molecule has 2 aliphatic rings. The smallest absolute Gasteiger partial charge is 0.338 e. The van der Waals surface area contributed by atoms with E-state index >= 15 is 0 Å². The van der Waals surface area contributed by atoms with Gasteiger partial charge in [0, 0.05) is 37.7 Å². The molecule has 1 aromatic carbocycles. The van der Waals surface area contributed by atoms with Crippen LogP contribution >= 0.6 is 0 Å². The van der Waals surface area contributed by atoms with Crippen molar-refractivity contribution < 1.29 is 52.8 Å². The Hall–Kier alpha value is -4.12. The van der Waals surface area contributed by atoms with E-state index in [2.05, 4.69) is 6.58 Å². The van der Waals surface area contributed by atoms with Gasteiger partial charge < -0.3 is 24.1 Å². The van der Waals surface area contributed by atoms with Gasteiger partial charge in [0.05, 0.1) is 11.5 Å². The van der Waals surface area contributed by atoms with Crippen LogP contribution in [0.4, 0.5) is 0 Å². The number of fused-ring (bicyclic) bond motifs is 1. The van der Waals surface area contributed by atoms with Crippen LogP contribution in [0.2, 0.25) is 0 Å². The monoisotopic (exact) mass is 612 g/mol. The Morgan fingerprint density at radius 3 is 1.89 bits per heavy atom. The van der Waals surface area contributed by atoms with Gasteiger partial charge in [-0.1, -0.05) is 50.8 Å². The standard InChI is InChI=1S/C33H40O11/c1-17-14-15-32(7,8)30(38)28(43-22(6)36)27(42-21(5)35)19(3)26(41-20(4)34)24-25(18(2)16-33(24,40)29(17)37)44-31(39)23-12-10-9-11-13-23/h9-15,17-18,24-28,40H,3,16H2,1-2,4-8H3/t17-,18-,24+,25-,26-,27-,28+,33+/m1/s1. The van der Waals surface area contributed by atoms with Gasteiger partial charge in [-0.15, -0.1) is 0 Å². The molecule has 0 aromatic heterocycles. The summed E-state index contributed by atoms with van der Waals surface area (Å²) in [5, 5.41) is 12.3. The number of ketones is 2. The van der Waals surface area contributed by atoms with E-state index in [0.29, 0.717) is 0 Å². The van der Waals surface area contributed by atoms with Crippen LogP contribution < -0.4 is 0 Å². The highest BCUT2D eigenvalue weighted by molar-refractivity contribution is 5.95. The van der Waals surface area contributed by atoms with Crippen molar-refractivity contribution in [2.75, 3.05) is 0 Å². The second kappa shape index (κ2) is 13.3. The van der Waals surface area contributed by atoms with Gasteiger partial charge in [0.25, 0.3) is 0 Å². The topological polar surface area (TPSA) is 160 Å². The molecule has 1 N–H and O–H groups in total. The van der Waals surface area contributed by atoms with Crippen LogP contribution in [0, 0.1) is 23.2 Å². The number of hydrogen-bond donors (Lipinski definition) is 1. The van der Waals surface area contributed by atoms with E-state index in [4.69, 9.17) is 18.9 Å². The van der Waals surface area contributed by atoms with Crippen LogP contribution in [0.1, 0.15) is 65.2 Å². The molecule has 0 saturated heterocycles. The molecule has 2 aliphatic carbocycles. The number of hydrogen-bond acceptors (Lipinski definition) is 11. The van der Waals surface area contributed by atoms with Crippen LogP contribution in [0.25, 0.3) is 0 Å². The van der Waals surface area contributed by atoms with Crippen LogP contribution in [0.3, 0.4) is 0 Å². The Morgan fingerprint density at radius 1 is 0.818 bits per heavy atom. The average molecular weight is 613 g/mol. The maximum atomic E-state index is 14.1. The lowest BCUT2D eigenvalue weighted by molar-refractivity contribution is -0.174. The first kappa shape index (κ1) is 34.4. The summed E-state index contributed by atoms with van der Waals surface area (Å²) in [7, 11) is 0. The molecule has 8 atom stereocenters. The molecule has 0 aliphatic heterocycles. The highest BCUT2D eigenvalue weighted by atomic mass is 16.6. The fourth-order valence-corrected chi connectivity index (χ4v) is 5.99. The van der Waals surface area contributed by atoms with Gasteiger partial charge >= 0.3 is 23.9 Å². The molecule has 0 heterocycles. The van der Waals surface area contributed by atoms with Gasteiger partial charge in [-0.05, 0) is 38.3 Å². The number of aliphatic hydroxyl groups is 1. The second-order valence-corrected chi connectivity index (χ2v) is 12.1. The highest BCUT2D eigenvalue weighted by Gasteiger charge is 2.63. The summed E-state index contributed by atoms with van der Waals surface area (Å²) < 4.78 is 22.5. The molecule has 3 rings (SSSR count). The number of esters is 4. The zero-order valence-electron chi connectivity index (χ0n) is 26.0. The molecule has 0 bridgehead atoms. The molecule has 1 saturated carbocycles. The molecular weight excluding hydrogens is 572 g/mol. The SMILES string of the molecule is C=C1[C@@H](OC(C)=O)[C@@H]2[C@H](OC(=O)c3ccccc3)[C@H](C)C[C@@]2(O)C(=O)[C@H](C)C=CC(C)(C)C(=O)[C@@H](OC(C)=O)[C@@H]1OC(C)=O. The van der Waals surface area contributed by atoms with E-state index in [-0.39, 0.29) is 17.6 Å². The summed E-state index contributed by atoms with van der Waals surface area (Å²) in [6, 6.07) is 8.05. The number of benzene rings is 1. The average Bonchev–Trinajstić information content (AvgIpc) is 3.20.